The van der Waals surface area contributed by atoms with Crippen molar-refractivity contribution in [3.8, 4) is 11.5 Å². The summed E-state index contributed by atoms with van der Waals surface area (Å²) in [4.78, 5) is 12.2. The van der Waals surface area contributed by atoms with Gasteiger partial charge in [-0.25, -0.2) is 0 Å². The fourth-order valence-corrected chi connectivity index (χ4v) is 1.62. The number of benzene rings is 1. The molecule has 0 radical (unpaired) electrons. The Labute approximate surface area is 121 Å². The van der Waals surface area contributed by atoms with Gasteiger partial charge in [0.05, 0.1) is 7.11 Å². The largest absolute Gasteiger partial charge is 0.497 e. The van der Waals surface area contributed by atoms with Gasteiger partial charge in [0.2, 0.25) is 0 Å². The summed E-state index contributed by atoms with van der Waals surface area (Å²) in [5.74, 6) is 1.77. The summed E-state index contributed by atoms with van der Waals surface area (Å²) in [6.07, 6.45) is 0.160. The molecule has 0 saturated carbocycles. The van der Waals surface area contributed by atoms with Gasteiger partial charge in [0.1, 0.15) is 11.5 Å². The second kappa shape index (κ2) is 7.78. The zero-order chi connectivity index (χ0) is 15.1. The summed E-state index contributed by atoms with van der Waals surface area (Å²) in [7, 11) is 1.62. The lowest BCUT2D eigenvalue weighted by molar-refractivity contribution is -0.129. The molecule has 0 spiro atoms. The van der Waals surface area contributed by atoms with E-state index in [0.29, 0.717) is 18.1 Å². The molecule has 1 aromatic carbocycles. The van der Waals surface area contributed by atoms with E-state index in [4.69, 9.17) is 9.47 Å². The third-order valence-corrected chi connectivity index (χ3v) is 3.37. The van der Waals surface area contributed by atoms with Gasteiger partial charge in [0.25, 0.3) is 5.91 Å². The maximum Gasteiger partial charge on any atom is 0.261 e. The molecule has 0 bridgehead atoms. The number of ether oxygens (including phenoxy) is 2. The summed E-state index contributed by atoms with van der Waals surface area (Å²) >= 11 is 0. The van der Waals surface area contributed by atoms with E-state index >= 15 is 0 Å². The predicted octanol–water partition coefficient (Wildman–Crippen LogP) is 3.01. The molecule has 0 aliphatic carbocycles. The third kappa shape index (κ3) is 4.76. The van der Waals surface area contributed by atoms with E-state index in [1.807, 2.05) is 26.0 Å². The first kappa shape index (κ1) is 16.3. The van der Waals surface area contributed by atoms with Crippen molar-refractivity contribution in [3.63, 3.8) is 0 Å². The van der Waals surface area contributed by atoms with Crippen LogP contribution in [0.5, 0.6) is 11.5 Å². The highest BCUT2D eigenvalue weighted by Crippen LogP contribution is 2.19. The van der Waals surface area contributed by atoms with Gasteiger partial charge in [-0.2, -0.15) is 0 Å². The molecule has 0 heterocycles. The molecule has 2 atom stereocenters. The molecular formula is C16H25NO3. The second-order valence-corrected chi connectivity index (χ2v) is 5.23. The van der Waals surface area contributed by atoms with E-state index in [9.17, 15) is 4.79 Å². The van der Waals surface area contributed by atoms with Crippen LogP contribution in [0.1, 0.15) is 34.1 Å². The lowest BCUT2D eigenvalue weighted by atomic mass is 10.1. The molecule has 1 aromatic rings. The van der Waals surface area contributed by atoms with E-state index in [1.165, 1.54) is 0 Å². The average molecular weight is 279 g/mol. The van der Waals surface area contributed by atoms with Gasteiger partial charge >= 0.3 is 0 Å². The van der Waals surface area contributed by atoms with Crippen molar-refractivity contribution in [1.82, 2.24) is 5.32 Å². The molecule has 0 aliphatic rings. The van der Waals surface area contributed by atoms with E-state index in [2.05, 4.69) is 19.2 Å². The highest BCUT2D eigenvalue weighted by Gasteiger charge is 2.21. The van der Waals surface area contributed by atoms with Gasteiger partial charge in [-0.15, -0.1) is 0 Å². The van der Waals surface area contributed by atoms with Crippen LogP contribution in [0.15, 0.2) is 24.3 Å². The van der Waals surface area contributed by atoms with Gasteiger partial charge < -0.3 is 14.8 Å². The van der Waals surface area contributed by atoms with Crippen LogP contribution in [-0.4, -0.2) is 25.2 Å². The predicted molar refractivity (Wildman–Crippen MR) is 80.1 cm³/mol. The summed E-state index contributed by atoms with van der Waals surface area (Å²) in [5, 5.41) is 2.98. The first-order valence-electron chi connectivity index (χ1n) is 7.09. The van der Waals surface area contributed by atoms with Crippen LogP contribution in [0, 0.1) is 5.92 Å². The Morgan fingerprint density at radius 1 is 1.15 bits per heavy atom. The van der Waals surface area contributed by atoms with Crippen molar-refractivity contribution >= 4 is 5.91 Å². The third-order valence-electron chi connectivity index (χ3n) is 3.37. The van der Waals surface area contributed by atoms with E-state index < -0.39 is 6.10 Å². The van der Waals surface area contributed by atoms with Gasteiger partial charge in [-0.1, -0.05) is 20.8 Å². The first-order chi connectivity index (χ1) is 9.47. The Morgan fingerprint density at radius 3 is 2.15 bits per heavy atom. The van der Waals surface area contributed by atoms with Gasteiger partial charge in [-0.3, -0.25) is 4.79 Å². The lowest BCUT2D eigenvalue weighted by Gasteiger charge is -2.22. The highest BCUT2D eigenvalue weighted by molar-refractivity contribution is 5.81. The summed E-state index contributed by atoms with van der Waals surface area (Å²) < 4.78 is 10.8. The van der Waals surface area contributed by atoms with Crippen molar-refractivity contribution in [2.45, 2.75) is 46.3 Å². The van der Waals surface area contributed by atoms with Gasteiger partial charge in [0.15, 0.2) is 6.10 Å². The van der Waals surface area contributed by atoms with Gasteiger partial charge in [-0.05, 0) is 43.5 Å². The van der Waals surface area contributed by atoms with Crippen LogP contribution in [0.25, 0.3) is 0 Å². The Morgan fingerprint density at radius 2 is 1.70 bits per heavy atom. The summed E-state index contributed by atoms with van der Waals surface area (Å²) in [6, 6.07) is 7.38. The number of carbonyl (C=O) groups excluding carboxylic acids is 1. The maximum absolute atomic E-state index is 12.2. The fraction of sp³-hybridized carbons (Fsp3) is 0.562. The van der Waals surface area contributed by atoms with Gasteiger partial charge in [0, 0.05) is 6.04 Å². The number of carbonyl (C=O) groups is 1. The number of hydrogen-bond acceptors (Lipinski definition) is 3. The minimum atomic E-state index is -0.468. The smallest absolute Gasteiger partial charge is 0.261 e. The van der Waals surface area contributed by atoms with E-state index in [-0.39, 0.29) is 11.9 Å². The normalized spacial score (nSPS) is 13.7. The van der Waals surface area contributed by atoms with Crippen molar-refractivity contribution in [1.29, 1.82) is 0 Å². The standard InChI is InChI=1S/C16H25NO3/c1-6-15(16(18)17-12(4)11(2)3)20-14-9-7-13(19-5)8-10-14/h7-12,15H,6H2,1-5H3,(H,17,18)/t12-,15+/m0/s1. The Hall–Kier alpha value is -1.71. The van der Waals surface area contributed by atoms with Crippen LogP contribution in [0.2, 0.25) is 0 Å². The molecule has 112 valence electrons. The minimum Gasteiger partial charge on any atom is -0.497 e. The van der Waals surface area contributed by atoms with E-state index in [0.717, 1.165) is 5.75 Å². The molecule has 4 nitrogen and oxygen atoms in total. The molecule has 1 amide bonds. The Kier molecular flexibility index (Phi) is 6.36. The number of amides is 1. The first-order valence-corrected chi connectivity index (χ1v) is 7.09. The Balaban J connectivity index is 2.63. The molecule has 4 heteroatoms. The van der Waals surface area contributed by atoms with Crippen molar-refractivity contribution < 1.29 is 14.3 Å². The fourth-order valence-electron chi connectivity index (χ4n) is 1.62. The number of methoxy groups -OCH3 is 1. The zero-order valence-corrected chi connectivity index (χ0v) is 13.0. The SMILES string of the molecule is CC[C@@H](Oc1ccc(OC)cc1)C(=O)N[C@@H](C)C(C)C. The van der Waals surface area contributed by atoms with Crippen LogP contribution in [0.4, 0.5) is 0 Å². The molecule has 0 fully saturated rings. The Bertz CT molecular complexity index is 414. The molecule has 0 saturated heterocycles. The summed E-state index contributed by atoms with van der Waals surface area (Å²) in [6.45, 7) is 8.10. The molecular weight excluding hydrogens is 254 g/mol. The molecule has 0 unspecified atom stereocenters. The van der Waals surface area contributed by atoms with Crippen LogP contribution >= 0.6 is 0 Å². The van der Waals surface area contributed by atoms with Crippen molar-refractivity contribution in [2.24, 2.45) is 5.92 Å². The minimum absolute atomic E-state index is 0.0653. The number of hydrogen-bond donors (Lipinski definition) is 1. The average Bonchev–Trinajstić information content (AvgIpc) is 2.44. The highest BCUT2D eigenvalue weighted by atomic mass is 16.5. The second-order valence-electron chi connectivity index (χ2n) is 5.23. The molecule has 1 rings (SSSR count). The monoisotopic (exact) mass is 279 g/mol. The van der Waals surface area contributed by atoms with Crippen molar-refractivity contribution in [2.75, 3.05) is 7.11 Å². The van der Waals surface area contributed by atoms with Crippen LogP contribution in [-0.2, 0) is 4.79 Å². The quantitative estimate of drug-likeness (QED) is 0.834. The maximum atomic E-state index is 12.2. The number of rotatable bonds is 7. The molecule has 20 heavy (non-hydrogen) atoms. The molecule has 0 aliphatic heterocycles. The van der Waals surface area contributed by atoms with Crippen molar-refractivity contribution in [3.05, 3.63) is 24.3 Å². The van der Waals surface area contributed by atoms with Crippen LogP contribution < -0.4 is 14.8 Å². The molecule has 1 N–H and O–H groups in total. The topological polar surface area (TPSA) is 47.6 Å². The lowest BCUT2D eigenvalue weighted by Crippen LogP contribution is -2.44. The zero-order valence-electron chi connectivity index (χ0n) is 13.0. The van der Waals surface area contributed by atoms with E-state index in [1.54, 1.807) is 19.2 Å². The van der Waals surface area contributed by atoms with Crippen LogP contribution in [0.3, 0.4) is 0 Å². The number of nitrogens with one attached hydrogen (secondary N) is 1. The molecule has 0 aromatic heterocycles. The summed E-state index contributed by atoms with van der Waals surface area (Å²) in [5.41, 5.74) is 0.